The van der Waals surface area contributed by atoms with Gasteiger partial charge in [0.05, 0.1) is 5.92 Å². The molecular weight excluding hydrogens is 218 g/mol. The van der Waals surface area contributed by atoms with Gasteiger partial charge < -0.3 is 16.0 Å². The molecule has 0 bridgehead atoms. The highest BCUT2D eigenvalue weighted by Crippen LogP contribution is 2.20. The molecule has 2 fully saturated rings. The molecule has 3 N–H and O–H groups in total. The first-order chi connectivity index (χ1) is 8.08. The first-order valence-electron chi connectivity index (χ1n) is 6.39. The lowest BCUT2D eigenvalue weighted by atomic mass is 9.91. The smallest absolute Gasteiger partial charge is 0.227 e. The van der Waals surface area contributed by atoms with Crippen molar-refractivity contribution < 1.29 is 9.59 Å². The minimum Gasteiger partial charge on any atom is -0.355 e. The van der Waals surface area contributed by atoms with Gasteiger partial charge in [-0.1, -0.05) is 6.92 Å². The maximum absolute atomic E-state index is 12.2. The van der Waals surface area contributed by atoms with Gasteiger partial charge in [-0.2, -0.15) is 0 Å². The van der Waals surface area contributed by atoms with E-state index in [2.05, 4.69) is 12.2 Å². The van der Waals surface area contributed by atoms with Gasteiger partial charge in [0.15, 0.2) is 0 Å². The van der Waals surface area contributed by atoms with Gasteiger partial charge >= 0.3 is 0 Å². The van der Waals surface area contributed by atoms with Gasteiger partial charge in [0.1, 0.15) is 0 Å². The molecule has 0 aromatic heterocycles. The summed E-state index contributed by atoms with van der Waals surface area (Å²) in [6.45, 7) is 4.08. The summed E-state index contributed by atoms with van der Waals surface area (Å²) < 4.78 is 0. The normalized spacial score (nSPS) is 34.4. The maximum Gasteiger partial charge on any atom is 0.227 e. The van der Waals surface area contributed by atoms with E-state index < -0.39 is 0 Å². The van der Waals surface area contributed by atoms with E-state index in [0.29, 0.717) is 31.8 Å². The molecule has 17 heavy (non-hydrogen) atoms. The highest BCUT2D eigenvalue weighted by Gasteiger charge is 2.32. The van der Waals surface area contributed by atoms with Crippen molar-refractivity contribution in [1.82, 2.24) is 10.2 Å². The quantitative estimate of drug-likeness (QED) is 0.660. The minimum atomic E-state index is -0.0479. The Morgan fingerprint density at radius 3 is 2.82 bits per heavy atom. The lowest BCUT2D eigenvalue weighted by molar-refractivity contribution is -0.139. The lowest BCUT2D eigenvalue weighted by Crippen LogP contribution is -2.53. The van der Waals surface area contributed by atoms with Gasteiger partial charge in [-0.05, 0) is 18.8 Å². The minimum absolute atomic E-state index is 0.0479. The molecule has 2 aliphatic heterocycles. The number of likely N-dealkylation sites (tertiary alicyclic amines) is 1. The van der Waals surface area contributed by atoms with Crippen LogP contribution < -0.4 is 11.1 Å². The topological polar surface area (TPSA) is 75.4 Å². The summed E-state index contributed by atoms with van der Waals surface area (Å²) in [5.41, 5.74) is 5.99. The molecule has 0 aromatic carbocycles. The van der Waals surface area contributed by atoms with Gasteiger partial charge in [0.25, 0.3) is 0 Å². The molecule has 2 amide bonds. The molecule has 0 aliphatic carbocycles. The number of carbonyl (C=O) groups excluding carboxylic acids is 2. The number of hydrogen-bond acceptors (Lipinski definition) is 3. The fourth-order valence-electron chi connectivity index (χ4n) is 2.50. The Bertz CT molecular complexity index is 309. The molecule has 5 heteroatoms. The number of nitrogens with zero attached hydrogens (tertiary/aromatic N) is 1. The SMILES string of the molecule is CC1CCN(C(=O)C2CCC(=O)NC2)CC1N. The van der Waals surface area contributed by atoms with Crippen LogP contribution in [0.3, 0.4) is 0 Å². The van der Waals surface area contributed by atoms with E-state index in [1.54, 1.807) is 0 Å². The molecule has 0 saturated carbocycles. The monoisotopic (exact) mass is 239 g/mol. The third-order valence-corrected chi connectivity index (χ3v) is 3.94. The van der Waals surface area contributed by atoms with E-state index in [1.807, 2.05) is 4.90 Å². The van der Waals surface area contributed by atoms with Crippen molar-refractivity contribution in [2.45, 2.75) is 32.2 Å². The van der Waals surface area contributed by atoms with Crippen molar-refractivity contribution in [1.29, 1.82) is 0 Å². The van der Waals surface area contributed by atoms with Gasteiger partial charge in [-0.15, -0.1) is 0 Å². The van der Waals surface area contributed by atoms with Crippen molar-refractivity contribution in [2.75, 3.05) is 19.6 Å². The molecule has 5 nitrogen and oxygen atoms in total. The van der Waals surface area contributed by atoms with Crippen LogP contribution in [0.15, 0.2) is 0 Å². The van der Waals surface area contributed by atoms with Crippen molar-refractivity contribution in [2.24, 2.45) is 17.6 Å². The van der Waals surface area contributed by atoms with Crippen molar-refractivity contribution >= 4 is 11.8 Å². The predicted octanol–water partition coefficient (Wildman–Crippen LogP) is -0.292. The number of nitrogens with two attached hydrogens (primary N) is 1. The van der Waals surface area contributed by atoms with Crippen LogP contribution in [0.5, 0.6) is 0 Å². The number of carbonyl (C=O) groups is 2. The summed E-state index contributed by atoms with van der Waals surface area (Å²) in [4.78, 5) is 25.1. The molecular formula is C12H21N3O2. The fourth-order valence-corrected chi connectivity index (χ4v) is 2.50. The van der Waals surface area contributed by atoms with Crippen LogP contribution in [0.25, 0.3) is 0 Å². The summed E-state index contributed by atoms with van der Waals surface area (Å²) in [6.07, 6.45) is 2.12. The van der Waals surface area contributed by atoms with E-state index >= 15 is 0 Å². The number of hydrogen-bond donors (Lipinski definition) is 2. The summed E-state index contributed by atoms with van der Waals surface area (Å²) >= 11 is 0. The Labute approximate surface area is 102 Å². The van der Waals surface area contributed by atoms with Crippen LogP contribution in [-0.2, 0) is 9.59 Å². The second-order valence-corrected chi connectivity index (χ2v) is 5.25. The van der Waals surface area contributed by atoms with Gasteiger partial charge in [0.2, 0.25) is 11.8 Å². The third-order valence-electron chi connectivity index (χ3n) is 3.94. The van der Waals surface area contributed by atoms with E-state index in [9.17, 15) is 9.59 Å². The molecule has 96 valence electrons. The summed E-state index contributed by atoms with van der Waals surface area (Å²) in [6, 6.07) is 0.0888. The Morgan fingerprint density at radius 2 is 2.24 bits per heavy atom. The number of amides is 2. The van der Waals surface area contributed by atoms with Crippen LogP contribution in [0.2, 0.25) is 0 Å². The predicted molar refractivity (Wildman–Crippen MR) is 64.1 cm³/mol. The molecule has 2 saturated heterocycles. The van der Waals surface area contributed by atoms with E-state index in [0.717, 1.165) is 13.0 Å². The van der Waals surface area contributed by atoms with Crippen molar-refractivity contribution in [3.05, 3.63) is 0 Å². The molecule has 2 heterocycles. The zero-order valence-corrected chi connectivity index (χ0v) is 10.3. The third kappa shape index (κ3) is 2.77. The van der Waals surface area contributed by atoms with Crippen LogP contribution in [0.1, 0.15) is 26.2 Å². The molecule has 2 rings (SSSR count). The van der Waals surface area contributed by atoms with Crippen molar-refractivity contribution in [3.63, 3.8) is 0 Å². The Kier molecular flexibility index (Phi) is 3.66. The van der Waals surface area contributed by atoms with Crippen LogP contribution in [-0.4, -0.2) is 42.4 Å². The van der Waals surface area contributed by atoms with Crippen LogP contribution >= 0.6 is 0 Å². The van der Waals surface area contributed by atoms with Gasteiger partial charge in [-0.25, -0.2) is 0 Å². The van der Waals surface area contributed by atoms with Crippen molar-refractivity contribution in [3.8, 4) is 0 Å². The first kappa shape index (κ1) is 12.4. The van der Waals surface area contributed by atoms with Crippen LogP contribution in [0.4, 0.5) is 0 Å². The Balaban J connectivity index is 1.89. The van der Waals surface area contributed by atoms with E-state index in [-0.39, 0.29) is 23.8 Å². The molecule has 0 spiro atoms. The molecule has 0 aromatic rings. The highest BCUT2D eigenvalue weighted by atomic mass is 16.2. The molecule has 0 radical (unpaired) electrons. The standard InChI is InChI=1S/C12H21N3O2/c1-8-4-5-15(7-10(8)13)12(17)9-2-3-11(16)14-6-9/h8-10H,2-7,13H2,1H3,(H,14,16). The number of rotatable bonds is 1. The summed E-state index contributed by atoms with van der Waals surface area (Å²) in [5.74, 6) is 0.656. The zero-order chi connectivity index (χ0) is 12.4. The summed E-state index contributed by atoms with van der Waals surface area (Å²) in [7, 11) is 0. The van der Waals surface area contributed by atoms with Gasteiger partial charge in [0, 0.05) is 32.1 Å². The van der Waals surface area contributed by atoms with E-state index in [1.165, 1.54) is 0 Å². The van der Waals surface area contributed by atoms with E-state index in [4.69, 9.17) is 5.73 Å². The summed E-state index contributed by atoms with van der Waals surface area (Å²) in [5, 5.41) is 2.75. The average molecular weight is 239 g/mol. The highest BCUT2D eigenvalue weighted by molar-refractivity contribution is 5.83. The molecule has 2 aliphatic rings. The second-order valence-electron chi connectivity index (χ2n) is 5.25. The Hall–Kier alpha value is -1.10. The first-order valence-corrected chi connectivity index (χ1v) is 6.39. The Morgan fingerprint density at radius 1 is 1.47 bits per heavy atom. The molecule has 3 unspecified atom stereocenters. The number of piperidine rings is 2. The van der Waals surface area contributed by atoms with Crippen LogP contribution in [0, 0.1) is 11.8 Å². The average Bonchev–Trinajstić information content (AvgIpc) is 2.33. The zero-order valence-electron chi connectivity index (χ0n) is 10.3. The second kappa shape index (κ2) is 5.04. The fraction of sp³-hybridized carbons (Fsp3) is 0.833. The number of nitrogens with one attached hydrogen (secondary N) is 1. The molecule has 3 atom stereocenters. The van der Waals surface area contributed by atoms with Gasteiger partial charge in [-0.3, -0.25) is 9.59 Å². The maximum atomic E-state index is 12.2. The lowest BCUT2D eigenvalue weighted by Gasteiger charge is -2.37. The largest absolute Gasteiger partial charge is 0.355 e.